The summed E-state index contributed by atoms with van der Waals surface area (Å²) >= 11 is 0. The third kappa shape index (κ3) is 5.67. The van der Waals surface area contributed by atoms with Gasteiger partial charge < -0.3 is 16.2 Å². The van der Waals surface area contributed by atoms with Crippen molar-refractivity contribution in [3.8, 4) is 0 Å². The third-order valence-corrected chi connectivity index (χ3v) is 2.63. The van der Waals surface area contributed by atoms with Crippen LogP contribution in [0.4, 0.5) is 15.8 Å². The lowest BCUT2D eigenvalue weighted by molar-refractivity contribution is -0.117. The normalized spacial score (nSPS) is 12.5. The molecule has 0 aliphatic rings. The molecule has 0 saturated heterocycles. The molecule has 1 aromatic rings. The number of benzene rings is 1. The van der Waals surface area contributed by atoms with Gasteiger partial charge in [0.05, 0.1) is 24.0 Å². The van der Waals surface area contributed by atoms with Crippen molar-refractivity contribution in [1.29, 1.82) is 0 Å². The van der Waals surface area contributed by atoms with E-state index in [1.54, 1.807) is 18.9 Å². The molecule has 0 bridgehead atoms. The Kier molecular flexibility index (Phi) is 5.72. The zero-order valence-electron chi connectivity index (χ0n) is 11.2. The molecule has 0 aromatic heterocycles. The Balaban J connectivity index is 2.48. The Hall–Kier alpha value is -1.66. The molecule has 6 heteroatoms. The molecule has 0 heterocycles. The summed E-state index contributed by atoms with van der Waals surface area (Å²) in [4.78, 5) is 13.5. The Morgan fingerprint density at radius 3 is 2.89 bits per heavy atom. The average molecular weight is 269 g/mol. The summed E-state index contributed by atoms with van der Waals surface area (Å²) < 4.78 is 13.0. The van der Waals surface area contributed by atoms with E-state index in [4.69, 9.17) is 10.8 Å². The van der Waals surface area contributed by atoms with Gasteiger partial charge in [0.1, 0.15) is 5.82 Å². The lowest BCUT2D eigenvalue weighted by Gasteiger charge is -2.17. The molecule has 19 heavy (non-hydrogen) atoms. The SMILES string of the molecule is CC(O)CCN(C)CC(=O)Nc1cc(F)ccc1N. The standard InChI is InChI=1S/C13H20FN3O2/c1-9(18)5-6-17(2)8-13(19)16-12-7-10(14)3-4-11(12)15/h3-4,7,9,18H,5-6,8,15H2,1-2H3,(H,16,19). The van der Waals surface area contributed by atoms with Gasteiger partial charge in [-0.3, -0.25) is 9.69 Å². The first-order valence-corrected chi connectivity index (χ1v) is 6.10. The van der Waals surface area contributed by atoms with Gasteiger partial charge in [-0.25, -0.2) is 4.39 Å². The van der Waals surface area contributed by atoms with Crippen LogP contribution in [0.2, 0.25) is 0 Å². The van der Waals surface area contributed by atoms with E-state index in [-0.39, 0.29) is 18.1 Å². The van der Waals surface area contributed by atoms with Crippen LogP contribution in [0.3, 0.4) is 0 Å². The van der Waals surface area contributed by atoms with Gasteiger partial charge in [-0.15, -0.1) is 0 Å². The maximum absolute atomic E-state index is 13.0. The third-order valence-electron chi connectivity index (χ3n) is 2.63. The van der Waals surface area contributed by atoms with Crippen LogP contribution in [0.1, 0.15) is 13.3 Å². The molecule has 1 rings (SSSR count). The van der Waals surface area contributed by atoms with E-state index in [1.165, 1.54) is 18.2 Å². The first-order chi connectivity index (χ1) is 8.88. The number of anilines is 2. The molecular formula is C13H20FN3O2. The molecule has 0 spiro atoms. The highest BCUT2D eigenvalue weighted by atomic mass is 19.1. The Bertz CT molecular complexity index is 438. The van der Waals surface area contributed by atoms with Crippen molar-refractivity contribution in [2.75, 3.05) is 31.2 Å². The van der Waals surface area contributed by atoms with E-state index < -0.39 is 11.9 Å². The number of likely N-dealkylation sites (N-methyl/N-ethyl adjacent to an activating group) is 1. The molecular weight excluding hydrogens is 249 g/mol. The summed E-state index contributed by atoms with van der Waals surface area (Å²) in [7, 11) is 1.77. The lowest BCUT2D eigenvalue weighted by Crippen LogP contribution is -2.32. The van der Waals surface area contributed by atoms with Gasteiger partial charge in [0.2, 0.25) is 5.91 Å². The van der Waals surface area contributed by atoms with E-state index in [2.05, 4.69) is 5.32 Å². The second-order valence-electron chi connectivity index (χ2n) is 4.66. The molecule has 0 radical (unpaired) electrons. The largest absolute Gasteiger partial charge is 0.397 e. The summed E-state index contributed by atoms with van der Waals surface area (Å²) in [6.07, 6.45) is 0.190. The number of amides is 1. The van der Waals surface area contributed by atoms with Gasteiger partial charge in [-0.2, -0.15) is 0 Å². The van der Waals surface area contributed by atoms with Gasteiger partial charge in [-0.1, -0.05) is 0 Å². The molecule has 0 saturated carbocycles. The van der Waals surface area contributed by atoms with Crippen LogP contribution in [0.15, 0.2) is 18.2 Å². The topological polar surface area (TPSA) is 78.6 Å². The van der Waals surface area contributed by atoms with Crippen LogP contribution >= 0.6 is 0 Å². The molecule has 1 atom stereocenters. The number of nitrogens with one attached hydrogen (secondary N) is 1. The van der Waals surface area contributed by atoms with Crippen LogP contribution in [0.5, 0.6) is 0 Å². The number of aliphatic hydroxyl groups excluding tert-OH is 1. The Morgan fingerprint density at radius 2 is 2.26 bits per heavy atom. The van der Waals surface area contributed by atoms with Crippen LogP contribution in [0, 0.1) is 5.82 Å². The fourth-order valence-corrected chi connectivity index (χ4v) is 1.56. The first-order valence-electron chi connectivity index (χ1n) is 6.10. The zero-order valence-corrected chi connectivity index (χ0v) is 11.2. The van der Waals surface area contributed by atoms with Gasteiger partial charge in [0, 0.05) is 6.54 Å². The van der Waals surface area contributed by atoms with Crippen LogP contribution < -0.4 is 11.1 Å². The van der Waals surface area contributed by atoms with E-state index >= 15 is 0 Å². The smallest absolute Gasteiger partial charge is 0.238 e. The predicted molar refractivity (Wildman–Crippen MR) is 73.2 cm³/mol. The maximum Gasteiger partial charge on any atom is 0.238 e. The second kappa shape index (κ2) is 7.06. The summed E-state index contributed by atoms with van der Waals surface area (Å²) in [5.74, 6) is -0.725. The van der Waals surface area contributed by atoms with Crippen molar-refractivity contribution in [3.63, 3.8) is 0 Å². The van der Waals surface area contributed by atoms with E-state index in [0.717, 1.165) is 0 Å². The number of nitrogens with two attached hydrogens (primary N) is 1. The van der Waals surface area contributed by atoms with Gasteiger partial charge in [-0.05, 0) is 38.6 Å². The van der Waals surface area contributed by atoms with Crippen LogP contribution in [-0.4, -0.2) is 42.2 Å². The van der Waals surface area contributed by atoms with Gasteiger partial charge in [0.15, 0.2) is 0 Å². The number of hydrogen-bond acceptors (Lipinski definition) is 4. The summed E-state index contributed by atoms with van der Waals surface area (Å²) in [5.41, 5.74) is 6.23. The maximum atomic E-state index is 13.0. The zero-order chi connectivity index (χ0) is 14.4. The summed E-state index contributed by atoms with van der Waals surface area (Å²) in [6, 6.07) is 3.82. The van der Waals surface area contributed by atoms with Crippen molar-refractivity contribution < 1.29 is 14.3 Å². The van der Waals surface area contributed by atoms with E-state index in [9.17, 15) is 9.18 Å². The first kappa shape index (κ1) is 15.4. The molecule has 5 nitrogen and oxygen atoms in total. The van der Waals surface area contributed by atoms with Gasteiger partial charge in [0.25, 0.3) is 0 Å². The monoisotopic (exact) mass is 269 g/mol. The van der Waals surface area contributed by atoms with Crippen molar-refractivity contribution in [2.45, 2.75) is 19.4 Å². The number of halogens is 1. The number of carbonyl (C=O) groups is 1. The molecule has 0 fully saturated rings. The van der Waals surface area contributed by atoms with Crippen molar-refractivity contribution >= 4 is 17.3 Å². The molecule has 1 unspecified atom stereocenters. The lowest BCUT2D eigenvalue weighted by atomic mass is 10.2. The minimum atomic E-state index is -0.452. The highest BCUT2D eigenvalue weighted by molar-refractivity contribution is 5.95. The number of carbonyl (C=O) groups excluding carboxylic acids is 1. The highest BCUT2D eigenvalue weighted by Crippen LogP contribution is 2.18. The quantitative estimate of drug-likeness (QED) is 0.674. The van der Waals surface area contributed by atoms with E-state index in [0.29, 0.717) is 18.7 Å². The molecule has 1 aromatic carbocycles. The Morgan fingerprint density at radius 1 is 1.58 bits per heavy atom. The number of rotatable bonds is 6. The molecule has 1 amide bonds. The van der Waals surface area contributed by atoms with Crippen LogP contribution in [0.25, 0.3) is 0 Å². The molecule has 0 aliphatic heterocycles. The number of hydrogen-bond donors (Lipinski definition) is 3. The fraction of sp³-hybridized carbons (Fsp3) is 0.462. The van der Waals surface area contributed by atoms with Gasteiger partial charge >= 0.3 is 0 Å². The Labute approximate surface area is 112 Å². The molecule has 106 valence electrons. The minimum absolute atomic E-state index is 0.155. The summed E-state index contributed by atoms with van der Waals surface area (Å²) in [6.45, 7) is 2.45. The predicted octanol–water partition coefficient (Wildman–Crippen LogP) is 1.05. The van der Waals surface area contributed by atoms with Crippen molar-refractivity contribution in [3.05, 3.63) is 24.0 Å². The van der Waals surface area contributed by atoms with Crippen molar-refractivity contribution in [1.82, 2.24) is 4.90 Å². The average Bonchev–Trinajstić information content (AvgIpc) is 2.31. The summed E-state index contributed by atoms with van der Waals surface area (Å²) in [5, 5.41) is 11.7. The molecule has 4 N–H and O–H groups in total. The van der Waals surface area contributed by atoms with E-state index in [1.807, 2.05) is 0 Å². The van der Waals surface area contributed by atoms with Crippen molar-refractivity contribution in [2.24, 2.45) is 0 Å². The minimum Gasteiger partial charge on any atom is -0.397 e. The molecule has 0 aliphatic carbocycles. The highest BCUT2D eigenvalue weighted by Gasteiger charge is 2.10. The second-order valence-corrected chi connectivity index (χ2v) is 4.66. The fourth-order valence-electron chi connectivity index (χ4n) is 1.56. The number of aliphatic hydroxyl groups is 1. The number of nitrogen functional groups attached to an aromatic ring is 1. The number of nitrogens with zero attached hydrogens (tertiary/aromatic N) is 1. The van der Waals surface area contributed by atoms with Crippen LogP contribution in [-0.2, 0) is 4.79 Å².